The van der Waals surface area contributed by atoms with E-state index in [4.69, 9.17) is 4.42 Å². The molecule has 3 aliphatic rings. The monoisotopic (exact) mass is 387 g/mol. The van der Waals surface area contributed by atoms with E-state index in [1.54, 1.807) is 5.57 Å². The standard InChI is InChI=1S/C28H21NO/c1-2-4-20(5-3-1)29-25-12-18-8-6-16(18)10-21(25)22-15-28-24(14-26(22)29)23-11-17-7-9-19(17)13-27(23)30-28/h1-5,10-12,14-15,19H,6-9,13H2. The molecule has 1 fully saturated rings. The molecule has 0 N–H and O–H groups in total. The summed E-state index contributed by atoms with van der Waals surface area (Å²) in [5.41, 5.74) is 10.8. The first-order valence-electron chi connectivity index (χ1n) is 11.1. The highest BCUT2D eigenvalue weighted by Gasteiger charge is 2.32. The fourth-order valence-electron chi connectivity index (χ4n) is 5.88. The average molecular weight is 387 g/mol. The summed E-state index contributed by atoms with van der Waals surface area (Å²) >= 11 is 0. The van der Waals surface area contributed by atoms with E-state index in [1.807, 2.05) is 0 Å². The summed E-state index contributed by atoms with van der Waals surface area (Å²) in [5.74, 6) is 1.91. The maximum absolute atomic E-state index is 6.43. The van der Waals surface area contributed by atoms with Crippen molar-refractivity contribution in [2.75, 3.05) is 0 Å². The van der Waals surface area contributed by atoms with Crippen LogP contribution in [-0.2, 0) is 19.3 Å². The second kappa shape index (κ2) is 5.26. The fraction of sp³-hybridized carbons (Fsp3) is 0.214. The Balaban J connectivity index is 1.52. The van der Waals surface area contributed by atoms with Gasteiger partial charge in [0.15, 0.2) is 0 Å². The summed E-state index contributed by atoms with van der Waals surface area (Å²) in [6.07, 6.45) is 8.48. The van der Waals surface area contributed by atoms with Gasteiger partial charge in [0.1, 0.15) is 11.3 Å². The van der Waals surface area contributed by atoms with Crippen molar-refractivity contribution in [2.24, 2.45) is 5.92 Å². The molecule has 0 spiro atoms. The number of fused-ring (bicyclic) bond motifs is 8. The van der Waals surface area contributed by atoms with Crippen molar-refractivity contribution < 1.29 is 4.42 Å². The molecule has 144 valence electrons. The lowest BCUT2D eigenvalue weighted by Crippen LogP contribution is -2.20. The second-order valence-electron chi connectivity index (χ2n) is 9.27. The SMILES string of the molecule is C1=C2CCC2Cc2oc3cc4c5cc6c(cc5n(-c5ccccc5)c4cc3c21)CC6. The molecule has 0 saturated heterocycles. The van der Waals surface area contributed by atoms with Crippen LogP contribution in [0.2, 0.25) is 0 Å². The number of hydrogen-bond donors (Lipinski definition) is 0. The van der Waals surface area contributed by atoms with Gasteiger partial charge in [0.2, 0.25) is 0 Å². The maximum atomic E-state index is 6.43. The van der Waals surface area contributed by atoms with E-state index in [1.165, 1.54) is 81.0 Å². The molecule has 1 saturated carbocycles. The summed E-state index contributed by atoms with van der Waals surface area (Å²) in [6.45, 7) is 0. The fourth-order valence-corrected chi connectivity index (χ4v) is 5.88. The van der Waals surface area contributed by atoms with Crippen molar-refractivity contribution in [3.63, 3.8) is 0 Å². The Labute approximate surface area is 174 Å². The predicted octanol–water partition coefficient (Wildman–Crippen LogP) is 6.98. The van der Waals surface area contributed by atoms with Gasteiger partial charge < -0.3 is 8.98 Å². The van der Waals surface area contributed by atoms with Crippen LogP contribution in [0, 0.1) is 5.92 Å². The van der Waals surface area contributed by atoms with Crippen LogP contribution in [0.15, 0.2) is 64.6 Å². The van der Waals surface area contributed by atoms with E-state index in [0.717, 1.165) is 17.9 Å². The van der Waals surface area contributed by atoms with Crippen LogP contribution in [0.25, 0.3) is 44.5 Å². The summed E-state index contributed by atoms with van der Waals surface area (Å²) in [5, 5.41) is 3.92. The highest BCUT2D eigenvalue weighted by molar-refractivity contribution is 6.14. The van der Waals surface area contributed by atoms with Gasteiger partial charge in [-0.2, -0.15) is 0 Å². The summed E-state index contributed by atoms with van der Waals surface area (Å²) in [7, 11) is 0. The number of hydrogen-bond acceptors (Lipinski definition) is 1. The van der Waals surface area contributed by atoms with Gasteiger partial charge in [-0.3, -0.25) is 0 Å². The van der Waals surface area contributed by atoms with Crippen LogP contribution in [0.3, 0.4) is 0 Å². The van der Waals surface area contributed by atoms with Crippen molar-refractivity contribution in [3.05, 3.63) is 82.6 Å². The molecule has 3 aliphatic carbocycles. The molecule has 2 heterocycles. The van der Waals surface area contributed by atoms with E-state index in [9.17, 15) is 0 Å². The van der Waals surface area contributed by atoms with Crippen LogP contribution in [-0.4, -0.2) is 4.57 Å². The van der Waals surface area contributed by atoms with Gasteiger partial charge in [0, 0.05) is 33.8 Å². The van der Waals surface area contributed by atoms with Crippen LogP contribution in [0.4, 0.5) is 0 Å². The molecule has 2 aromatic heterocycles. The van der Waals surface area contributed by atoms with Crippen molar-refractivity contribution in [3.8, 4) is 5.69 Å². The van der Waals surface area contributed by atoms with Crippen LogP contribution in [0.1, 0.15) is 35.3 Å². The lowest BCUT2D eigenvalue weighted by molar-refractivity contribution is 0.398. The van der Waals surface area contributed by atoms with E-state index in [0.29, 0.717) is 0 Å². The van der Waals surface area contributed by atoms with Gasteiger partial charge >= 0.3 is 0 Å². The second-order valence-corrected chi connectivity index (χ2v) is 9.27. The van der Waals surface area contributed by atoms with Crippen molar-refractivity contribution in [1.29, 1.82) is 0 Å². The van der Waals surface area contributed by atoms with Crippen LogP contribution in [0.5, 0.6) is 0 Å². The van der Waals surface area contributed by atoms with E-state index in [2.05, 4.69) is 65.2 Å². The minimum atomic E-state index is 0.727. The number of aromatic nitrogens is 1. The Morgan fingerprint density at radius 2 is 1.60 bits per heavy atom. The first-order chi connectivity index (χ1) is 14.8. The third-order valence-electron chi connectivity index (χ3n) is 7.76. The van der Waals surface area contributed by atoms with Crippen molar-refractivity contribution in [2.45, 2.75) is 32.1 Å². The zero-order valence-electron chi connectivity index (χ0n) is 16.7. The molecule has 0 amide bonds. The normalized spacial score (nSPS) is 19.2. The molecule has 2 heteroatoms. The first kappa shape index (κ1) is 15.6. The van der Waals surface area contributed by atoms with E-state index >= 15 is 0 Å². The summed E-state index contributed by atoms with van der Waals surface area (Å²) in [4.78, 5) is 0. The van der Waals surface area contributed by atoms with Gasteiger partial charge in [-0.15, -0.1) is 0 Å². The number of aryl methyl sites for hydroxylation is 2. The summed E-state index contributed by atoms with van der Waals surface area (Å²) < 4.78 is 8.88. The topological polar surface area (TPSA) is 18.1 Å². The number of rotatable bonds is 1. The Morgan fingerprint density at radius 3 is 2.40 bits per heavy atom. The van der Waals surface area contributed by atoms with Crippen molar-refractivity contribution >= 4 is 38.9 Å². The molecule has 8 rings (SSSR count). The molecule has 0 radical (unpaired) electrons. The first-order valence-corrected chi connectivity index (χ1v) is 11.1. The maximum Gasteiger partial charge on any atom is 0.135 e. The minimum Gasteiger partial charge on any atom is -0.460 e. The minimum absolute atomic E-state index is 0.727. The number of nitrogens with zero attached hydrogens (tertiary/aromatic N) is 1. The number of benzene rings is 3. The Hall–Kier alpha value is -3.26. The van der Waals surface area contributed by atoms with E-state index in [-0.39, 0.29) is 0 Å². The van der Waals surface area contributed by atoms with Gasteiger partial charge in [-0.25, -0.2) is 0 Å². The molecular weight excluding hydrogens is 366 g/mol. The number of furan rings is 1. The Kier molecular flexibility index (Phi) is 2.73. The predicted molar refractivity (Wildman–Crippen MR) is 122 cm³/mol. The average Bonchev–Trinajstić information content (AvgIpc) is 3.23. The molecule has 0 bridgehead atoms. The molecule has 1 unspecified atom stereocenters. The van der Waals surface area contributed by atoms with Gasteiger partial charge in [0.05, 0.1) is 11.0 Å². The quantitative estimate of drug-likeness (QED) is 0.303. The summed E-state index contributed by atoms with van der Waals surface area (Å²) in [6, 6.07) is 20.3. The van der Waals surface area contributed by atoms with Crippen LogP contribution < -0.4 is 0 Å². The Morgan fingerprint density at radius 1 is 0.800 bits per heavy atom. The van der Waals surface area contributed by atoms with Gasteiger partial charge in [0.25, 0.3) is 0 Å². The number of allylic oxidation sites excluding steroid dienone is 1. The molecule has 2 nitrogen and oxygen atoms in total. The molecule has 30 heavy (non-hydrogen) atoms. The van der Waals surface area contributed by atoms with Crippen LogP contribution >= 0.6 is 0 Å². The molecule has 0 aliphatic heterocycles. The number of para-hydroxylation sites is 1. The molecule has 5 aromatic rings. The van der Waals surface area contributed by atoms with Gasteiger partial charge in [-0.1, -0.05) is 29.8 Å². The lowest BCUT2D eigenvalue weighted by atomic mass is 9.72. The molecular formula is C28H21NO. The van der Waals surface area contributed by atoms with Crippen molar-refractivity contribution in [1.82, 2.24) is 4.57 Å². The molecule has 1 atom stereocenters. The lowest BCUT2D eigenvalue weighted by Gasteiger charge is -2.32. The third kappa shape index (κ3) is 1.85. The largest absolute Gasteiger partial charge is 0.460 e. The smallest absolute Gasteiger partial charge is 0.135 e. The zero-order chi connectivity index (χ0) is 19.4. The highest BCUT2D eigenvalue weighted by atomic mass is 16.3. The zero-order valence-corrected chi connectivity index (χ0v) is 16.7. The van der Waals surface area contributed by atoms with E-state index < -0.39 is 0 Å². The highest BCUT2D eigenvalue weighted by Crippen LogP contribution is 2.46. The molecule has 3 aromatic carbocycles. The van der Waals surface area contributed by atoms with Gasteiger partial charge in [-0.05, 0) is 79.1 Å². The Bertz CT molecular complexity index is 1560. The third-order valence-corrected chi connectivity index (χ3v) is 7.76.